The summed E-state index contributed by atoms with van der Waals surface area (Å²) < 4.78 is 5.53. The molecule has 0 aliphatic carbocycles. The SMILES string of the molecule is COc1ccc(C(=O)Nc2ccccc2)cc1N=Nc1c(O)c(C(=O)Nc2cccc3ccccc23)cc2cc(C(=O)NCCCN3CCCCC3)ccc12. The van der Waals surface area contributed by atoms with E-state index in [-0.39, 0.29) is 28.8 Å². The summed E-state index contributed by atoms with van der Waals surface area (Å²) in [5, 5.41) is 32.1. The number of benzene rings is 6. The number of carbonyl (C=O) groups is 3. The summed E-state index contributed by atoms with van der Waals surface area (Å²) >= 11 is 0. The molecule has 6 aromatic rings. The maximum absolute atomic E-state index is 14.0. The number of rotatable bonds is 12. The molecule has 0 atom stereocenters. The Hall–Kier alpha value is -6.59. The standard InChI is InChI=1S/C44H42N6O5/c1-55-39-21-19-31(43(53)46-33-14-4-2-5-15-33)28-38(39)48-49-40-35-20-18-30(42(52)45-22-11-25-50-23-8-3-9-24-50)26-32(35)27-36(41(40)51)44(54)47-37-17-10-13-29-12-6-7-16-34(29)37/h2,4-7,10,12-21,26-28,51H,3,8-9,11,22-25H2,1H3,(H,45,52)(H,46,53)(H,47,54). The van der Waals surface area contributed by atoms with Crippen molar-refractivity contribution >= 4 is 62.0 Å². The highest BCUT2D eigenvalue weighted by atomic mass is 16.5. The van der Waals surface area contributed by atoms with Crippen LogP contribution in [-0.2, 0) is 0 Å². The molecule has 6 aromatic carbocycles. The lowest BCUT2D eigenvalue weighted by Gasteiger charge is -2.26. The summed E-state index contributed by atoms with van der Waals surface area (Å²) in [7, 11) is 1.48. The molecule has 0 saturated carbocycles. The molecule has 0 bridgehead atoms. The van der Waals surface area contributed by atoms with E-state index in [1.54, 1.807) is 54.6 Å². The summed E-state index contributed by atoms with van der Waals surface area (Å²) in [6.07, 6.45) is 4.55. The van der Waals surface area contributed by atoms with Crippen LogP contribution >= 0.6 is 0 Å². The monoisotopic (exact) mass is 734 g/mol. The first kappa shape index (κ1) is 36.8. The highest BCUT2D eigenvalue weighted by Gasteiger charge is 2.21. The smallest absolute Gasteiger partial charge is 0.259 e. The minimum atomic E-state index is -0.572. The Morgan fingerprint density at radius 2 is 1.45 bits per heavy atom. The maximum Gasteiger partial charge on any atom is 0.259 e. The third-order valence-electron chi connectivity index (χ3n) is 9.75. The van der Waals surface area contributed by atoms with E-state index in [0.717, 1.165) is 36.8 Å². The number of aromatic hydroxyl groups is 1. The van der Waals surface area contributed by atoms with Crippen LogP contribution in [0.25, 0.3) is 21.5 Å². The Bertz CT molecular complexity index is 2390. The average molecular weight is 735 g/mol. The lowest BCUT2D eigenvalue weighted by Crippen LogP contribution is -2.33. The van der Waals surface area contributed by atoms with Crippen LogP contribution in [0, 0.1) is 0 Å². The van der Waals surface area contributed by atoms with Gasteiger partial charge in [0.05, 0.1) is 12.7 Å². The summed E-state index contributed by atoms with van der Waals surface area (Å²) in [4.78, 5) is 42.8. The maximum atomic E-state index is 14.0. The van der Waals surface area contributed by atoms with Gasteiger partial charge in [0.25, 0.3) is 17.7 Å². The van der Waals surface area contributed by atoms with Crippen LogP contribution in [0.2, 0.25) is 0 Å². The van der Waals surface area contributed by atoms with E-state index in [1.807, 2.05) is 54.6 Å². The molecule has 1 saturated heterocycles. The molecule has 4 N–H and O–H groups in total. The van der Waals surface area contributed by atoms with E-state index < -0.39 is 11.7 Å². The average Bonchev–Trinajstić information content (AvgIpc) is 3.22. The van der Waals surface area contributed by atoms with Gasteiger partial charge < -0.3 is 30.7 Å². The van der Waals surface area contributed by atoms with Crippen molar-refractivity contribution in [3.05, 3.63) is 132 Å². The van der Waals surface area contributed by atoms with E-state index >= 15 is 0 Å². The van der Waals surface area contributed by atoms with Gasteiger partial charge in [-0.1, -0.05) is 67.1 Å². The predicted molar refractivity (Wildman–Crippen MR) is 216 cm³/mol. The number of phenolic OH excluding ortho intramolecular Hbond substituents is 1. The number of nitrogens with one attached hydrogen (secondary N) is 3. The second-order valence-corrected chi connectivity index (χ2v) is 13.5. The van der Waals surface area contributed by atoms with Gasteiger partial charge in [0.2, 0.25) is 0 Å². The van der Waals surface area contributed by atoms with Gasteiger partial charge in [0, 0.05) is 39.8 Å². The predicted octanol–water partition coefficient (Wildman–Crippen LogP) is 9.23. The van der Waals surface area contributed by atoms with Crippen LogP contribution in [-0.4, -0.2) is 61.0 Å². The first-order valence-electron chi connectivity index (χ1n) is 18.4. The lowest BCUT2D eigenvalue weighted by molar-refractivity contribution is 0.0949. The number of azo groups is 1. The number of fused-ring (bicyclic) bond motifs is 2. The number of para-hydroxylation sites is 1. The number of nitrogens with zero attached hydrogens (tertiary/aromatic N) is 3. The minimum Gasteiger partial charge on any atom is -0.505 e. The highest BCUT2D eigenvalue weighted by Crippen LogP contribution is 2.41. The first-order chi connectivity index (χ1) is 26.9. The third-order valence-corrected chi connectivity index (χ3v) is 9.75. The number of piperidine rings is 1. The fraction of sp³-hybridized carbons (Fsp3) is 0.205. The molecule has 55 heavy (non-hydrogen) atoms. The molecule has 11 heteroatoms. The largest absolute Gasteiger partial charge is 0.505 e. The fourth-order valence-corrected chi connectivity index (χ4v) is 6.84. The molecule has 7 rings (SSSR count). The molecule has 0 radical (unpaired) electrons. The van der Waals surface area contributed by atoms with Crippen LogP contribution in [0.15, 0.2) is 125 Å². The lowest BCUT2D eigenvalue weighted by atomic mass is 10.00. The topological polar surface area (TPSA) is 145 Å². The van der Waals surface area contributed by atoms with Crippen molar-refractivity contribution in [3.8, 4) is 11.5 Å². The van der Waals surface area contributed by atoms with Gasteiger partial charge >= 0.3 is 0 Å². The molecule has 0 spiro atoms. The minimum absolute atomic E-state index is 0.00949. The van der Waals surface area contributed by atoms with Gasteiger partial charge in [-0.3, -0.25) is 14.4 Å². The van der Waals surface area contributed by atoms with E-state index in [0.29, 0.717) is 45.6 Å². The zero-order valence-electron chi connectivity index (χ0n) is 30.5. The first-order valence-corrected chi connectivity index (χ1v) is 18.4. The molecule has 1 heterocycles. The number of likely N-dealkylation sites (tertiary alicyclic amines) is 1. The molecule has 11 nitrogen and oxygen atoms in total. The van der Waals surface area contributed by atoms with Gasteiger partial charge in [-0.25, -0.2) is 0 Å². The Labute approximate surface area is 319 Å². The zero-order valence-corrected chi connectivity index (χ0v) is 30.5. The summed E-state index contributed by atoms with van der Waals surface area (Å²) in [5.41, 5.74) is 2.08. The molecule has 3 amide bonds. The number of methoxy groups -OCH3 is 1. The quantitative estimate of drug-likeness (QED) is 0.0729. The molecule has 0 aromatic heterocycles. The van der Waals surface area contributed by atoms with E-state index in [2.05, 4.69) is 31.1 Å². The molecule has 0 unspecified atom stereocenters. The van der Waals surface area contributed by atoms with Crippen LogP contribution < -0.4 is 20.7 Å². The van der Waals surface area contributed by atoms with E-state index in [1.165, 1.54) is 32.4 Å². The molecular weight excluding hydrogens is 693 g/mol. The van der Waals surface area contributed by atoms with Crippen LogP contribution in [0.5, 0.6) is 11.5 Å². The molecule has 1 aliphatic heterocycles. The fourth-order valence-electron chi connectivity index (χ4n) is 6.84. The Morgan fingerprint density at radius 3 is 2.27 bits per heavy atom. The van der Waals surface area contributed by atoms with Gasteiger partial charge in [-0.05, 0) is 104 Å². The summed E-state index contributed by atoms with van der Waals surface area (Å²) in [6.45, 7) is 3.67. The Morgan fingerprint density at radius 1 is 0.709 bits per heavy atom. The van der Waals surface area contributed by atoms with E-state index in [9.17, 15) is 19.5 Å². The highest BCUT2D eigenvalue weighted by molar-refractivity contribution is 6.14. The van der Waals surface area contributed by atoms with Crippen molar-refractivity contribution < 1.29 is 24.2 Å². The molecular formula is C44H42N6O5. The Kier molecular flexibility index (Phi) is 11.4. The van der Waals surface area contributed by atoms with Crippen molar-refractivity contribution in [2.45, 2.75) is 25.7 Å². The van der Waals surface area contributed by atoms with Crippen LogP contribution in [0.4, 0.5) is 22.7 Å². The van der Waals surface area contributed by atoms with Gasteiger partial charge in [-0.2, -0.15) is 0 Å². The van der Waals surface area contributed by atoms with Crippen molar-refractivity contribution in [2.24, 2.45) is 10.2 Å². The van der Waals surface area contributed by atoms with Crippen LogP contribution in [0.1, 0.15) is 56.8 Å². The molecule has 1 aliphatic rings. The Balaban J connectivity index is 1.21. The number of carbonyl (C=O) groups excluding carboxylic acids is 3. The van der Waals surface area contributed by atoms with Gasteiger partial charge in [0.1, 0.15) is 17.1 Å². The van der Waals surface area contributed by atoms with Gasteiger partial charge in [0.15, 0.2) is 5.75 Å². The number of anilines is 2. The van der Waals surface area contributed by atoms with Gasteiger partial charge in [-0.15, -0.1) is 10.2 Å². The molecule has 1 fully saturated rings. The number of amides is 3. The number of ether oxygens (including phenoxy) is 1. The van der Waals surface area contributed by atoms with E-state index in [4.69, 9.17) is 4.74 Å². The number of hydrogen-bond donors (Lipinski definition) is 4. The normalized spacial score (nSPS) is 13.2. The molecule has 278 valence electrons. The zero-order chi connectivity index (χ0) is 38.1. The van der Waals surface area contributed by atoms with Crippen molar-refractivity contribution in [3.63, 3.8) is 0 Å². The van der Waals surface area contributed by atoms with Crippen LogP contribution in [0.3, 0.4) is 0 Å². The number of hydrogen-bond acceptors (Lipinski definition) is 8. The summed E-state index contributed by atoms with van der Waals surface area (Å²) in [6, 6.07) is 33.6. The van der Waals surface area contributed by atoms with Crippen molar-refractivity contribution in [1.82, 2.24) is 10.2 Å². The van der Waals surface area contributed by atoms with Crippen molar-refractivity contribution in [2.75, 3.05) is 43.9 Å². The van der Waals surface area contributed by atoms with Crippen molar-refractivity contribution in [1.29, 1.82) is 0 Å². The third kappa shape index (κ3) is 8.63. The second kappa shape index (κ2) is 17.0. The summed E-state index contributed by atoms with van der Waals surface area (Å²) in [5.74, 6) is -1.23. The number of phenols is 1. The second-order valence-electron chi connectivity index (χ2n) is 13.5.